The van der Waals surface area contributed by atoms with Crippen molar-refractivity contribution in [1.29, 1.82) is 0 Å². The quantitative estimate of drug-likeness (QED) is 0.651. The number of methoxy groups -OCH3 is 1. The lowest BCUT2D eigenvalue weighted by Gasteiger charge is -2.19. The predicted octanol–water partition coefficient (Wildman–Crippen LogP) is 3.77. The van der Waals surface area contributed by atoms with E-state index in [1.165, 1.54) is 12.7 Å². The number of phenols is 1. The molecular formula is C20H22O5. The summed E-state index contributed by atoms with van der Waals surface area (Å²) in [5.41, 5.74) is 4.73. The van der Waals surface area contributed by atoms with Crippen LogP contribution in [0.2, 0.25) is 0 Å². The summed E-state index contributed by atoms with van der Waals surface area (Å²) < 4.78 is 9.78. The lowest BCUT2D eigenvalue weighted by atomic mass is 9.85. The van der Waals surface area contributed by atoms with Crippen molar-refractivity contribution in [2.75, 3.05) is 7.11 Å². The molecule has 0 unspecified atom stereocenters. The van der Waals surface area contributed by atoms with Crippen molar-refractivity contribution >= 4 is 18.0 Å². The third-order valence-electron chi connectivity index (χ3n) is 5.16. The first-order valence-electron chi connectivity index (χ1n) is 8.42. The lowest BCUT2D eigenvalue weighted by molar-refractivity contribution is -0.140. The Morgan fingerprint density at radius 3 is 2.96 bits per heavy atom. The summed E-state index contributed by atoms with van der Waals surface area (Å²) in [6, 6.07) is 0. The third kappa shape index (κ3) is 2.95. The van der Waals surface area contributed by atoms with Gasteiger partial charge in [-0.25, -0.2) is 4.79 Å². The first-order chi connectivity index (χ1) is 12.0. The molecule has 2 aliphatic rings. The number of cyclic esters (lactones) is 1. The van der Waals surface area contributed by atoms with E-state index in [4.69, 9.17) is 4.74 Å². The van der Waals surface area contributed by atoms with Gasteiger partial charge in [-0.15, -0.1) is 0 Å². The van der Waals surface area contributed by atoms with E-state index in [9.17, 15) is 14.7 Å². The maximum absolute atomic E-state index is 12.0. The molecule has 0 amide bonds. The monoisotopic (exact) mass is 342 g/mol. The van der Waals surface area contributed by atoms with Gasteiger partial charge in [-0.3, -0.25) is 4.79 Å². The van der Waals surface area contributed by atoms with Gasteiger partial charge in [-0.2, -0.15) is 0 Å². The van der Waals surface area contributed by atoms with Gasteiger partial charge in [0.2, 0.25) is 0 Å². The molecule has 0 aromatic heterocycles. The van der Waals surface area contributed by atoms with Gasteiger partial charge >= 0.3 is 11.9 Å². The fourth-order valence-corrected chi connectivity index (χ4v) is 3.80. The minimum absolute atomic E-state index is 0.00181. The largest absolute Gasteiger partial charge is 0.507 e. The van der Waals surface area contributed by atoms with Crippen molar-refractivity contribution in [3.05, 3.63) is 46.0 Å². The summed E-state index contributed by atoms with van der Waals surface area (Å²) in [7, 11) is 1.38. The Labute approximate surface area is 146 Å². The van der Waals surface area contributed by atoms with Crippen LogP contribution in [0.3, 0.4) is 0 Å². The average molecular weight is 342 g/mol. The van der Waals surface area contributed by atoms with Crippen LogP contribution >= 0.6 is 0 Å². The van der Waals surface area contributed by atoms with Crippen molar-refractivity contribution in [2.45, 2.75) is 45.1 Å². The molecule has 5 nitrogen and oxygen atoms in total. The molecule has 5 heteroatoms. The van der Waals surface area contributed by atoms with E-state index in [-0.39, 0.29) is 29.8 Å². The number of carbonyl (C=O) groups excluding carboxylic acids is 2. The highest BCUT2D eigenvalue weighted by Crippen LogP contribution is 2.46. The Kier molecular flexibility index (Phi) is 4.66. The molecule has 0 radical (unpaired) electrons. The number of rotatable bonds is 5. The molecule has 0 fully saturated rings. The zero-order chi connectivity index (χ0) is 18.1. The Bertz CT molecular complexity index is 788. The minimum atomic E-state index is -0.472. The molecule has 1 aliphatic heterocycles. The summed E-state index contributed by atoms with van der Waals surface area (Å²) in [5.74, 6) is -0.693. The molecular weight excluding hydrogens is 320 g/mol. The van der Waals surface area contributed by atoms with Crippen LogP contribution in [0, 0.1) is 6.92 Å². The van der Waals surface area contributed by atoms with Gasteiger partial charge in [-0.05, 0) is 37.3 Å². The summed E-state index contributed by atoms with van der Waals surface area (Å²) in [4.78, 5) is 23.3. The predicted molar refractivity (Wildman–Crippen MR) is 93.4 cm³/mol. The Balaban J connectivity index is 1.98. The number of benzene rings is 1. The van der Waals surface area contributed by atoms with Crippen LogP contribution in [-0.2, 0) is 20.9 Å². The number of esters is 2. The molecule has 1 heterocycles. The second-order valence-electron chi connectivity index (χ2n) is 6.48. The van der Waals surface area contributed by atoms with Crippen LogP contribution < -0.4 is 0 Å². The summed E-state index contributed by atoms with van der Waals surface area (Å²) in [6.45, 7) is 6.00. The fraction of sp³-hybridized carbons (Fsp3) is 0.400. The number of phenolic OH excluding ortho intramolecular Hbond substituents is 1. The number of hydrogen-bond donors (Lipinski definition) is 1. The van der Waals surface area contributed by atoms with Crippen molar-refractivity contribution in [3.8, 4) is 5.75 Å². The lowest BCUT2D eigenvalue weighted by Crippen LogP contribution is -2.05. The van der Waals surface area contributed by atoms with Crippen LogP contribution in [0.4, 0.5) is 0 Å². The van der Waals surface area contributed by atoms with Gasteiger partial charge in [0.1, 0.15) is 17.9 Å². The van der Waals surface area contributed by atoms with Crippen molar-refractivity contribution < 1.29 is 24.2 Å². The van der Waals surface area contributed by atoms with E-state index < -0.39 is 5.97 Å². The highest BCUT2D eigenvalue weighted by atomic mass is 16.5. The summed E-state index contributed by atoms with van der Waals surface area (Å²) in [5, 5.41) is 10.8. The first-order valence-corrected chi connectivity index (χ1v) is 8.42. The molecule has 0 saturated heterocycles. The van der Waals surface area contributed by atoms with Crippen molar-refractivity contribution in [1.82, 2.24) is 0 Å². The van der Waals surface area contributed by atoms with Gasteiger partial charge in [0.15, 0.2) is 0 Å². The maximum Gasteiger partial charge on any atom is 0.342 e. The molecule has 0 saturated carbocycles. The second-order valence-corrected chi connectivity index (χ2v) is 6.48. The van der Waals surface area contributed by atoms with Crippen molar-refractivity contribution in [2.24, 2.45) is 0 Å². The minimum Gasteiger partial charge on any atom is -0.507 e. The number of fused-ring (bicyclic) bond motifs is 1. The van der Waals surface area contributed by atoms with E-state index in [1.807, 2.05) is 6.92 Å². The van der Waals surface area contributed by atoms with Gasteiger partial charge in [0.25, 0.3) is 0 Å². The zero-order valence-electron chi connectivity index (χ0n) is 14.6. The highest BCUT2D eigenvalue weighted by molar-refractivity contribution is 5.98. The zero-order valence-corrected chi connectivity index (χ0v) is 14.6. The normalized spacial score (nSPS) is 18.6. The van der Waals surface area contributed by atoms with Gasteiger partial charge in [-0.1, -0.05) is 24.3 Å². The third-order valence-corrected chi connectivity index (χ3v) is 5.16. The molecule has 1 aliphatic carbocycles. The molecule has 25 heavy (non-hydrogen) atoms. The van der Waals surface area contributed by atoms with E-state index in [0.29, 0.717) is 12.8 Å². The second kappa shape index (κ2) is 6.75. The van der Waals surface area contributed by atoms with Gasteiger partial charge < -0.3 is 14.6 Å². The Morgan fingerprint density at radius 2 is 2.28 bits per heavy atom. The Hall–Kier alpha value is -2.56. The van der Waals surface area contributed by atoms with E-state index in [1.54, 1.807) is 6.08 Å². The number of aromatic hydroxyl groups is 1. The van der Waals surface area contributed by atoms with E-state index in [0.717, 1.165) is 35.1 Å². The highest BCUT2D eigenvalue weighted by Gasteiger charge is 2.33. The molecule has 1 atom stereocenters. The SMILES string of the molecule is C=Cc1c(C)c2c(c(O)c1[C@H]1C=C(CCC(=O)OC)CC1)C(=O)OC2. The fourth-order valence-electron chi connectivity index (χ4n) is 3.80. The van der Waals surface area contributed by atoms with E-state index in [2.05, 4.69) is 17.4 Å². The molecule has 1 aromatic rings. The topological polar surface area (TPSA) is 72.8 Å². The number of allylic oxidation sites excluding steroid dienone is 2. The van der Waals surface area contributed by atoms with Crippen molar-refractivity contribution in [3.63, 3.8) is 0 Å². The molecule has 0 spiro atoms. The van der Waals surface area contributed by atoms with E-state index >= 15 is 0 Å². The smallest absolute Gasteiger partial charge is 0.342 e. The van der Waals surface area contributed by atoms with Gasteiger partial charge in [0, 0.05) is 23.5 Å². The first kappa shape index (κ1) is 17.3. The molecule has 1 N–H and O–H groups in total. The molecule has 3 rings (SSSR count). The van der Waals surface area contributed by atoms with Crippen LogP contribution in [0.5, 0.6) is 5.75 Å². The van der Waals surface area contributed by atoms with Crippen LogP contribution in [-0.4, -0.2) is 24.2 Å². The molecule has 132 valence electrons. The van der Waals surface area contributed by atoms with Crippen LogP contribution in [0.1, 0.15) is 64.2 Å². The summed E-state index contributed by atoms with van der Waals surface area (Å²) >= 11 is 0. The number of hydrogen-bond acceptors (Lipinski definition) is 5. The van der Waals surface area contributed by atoms with Gasteiger partial charge in [0.05, 0.1) is 7.11 Å². The number of ether oxygens (including phenoxy) is 2. The maximum atomic E-state index is 12.0. The molecule has 0 bridgehead atoms. The number of carbonyl (C=O) groups is 2. The standard InChI is InChI=1S/C20H22O5/c1-4-14-11(2)15-10-25-20(23)18(15)19(22)17(14)13-7-5-12(9-13)6-8-16(21)24-3/h4,9,13,22H,1,5-8,10H2,2-3H3/t13-/m1/s1. The summed E-state index contributed by atoms with van der Waals surface area (Å²) in [6.07, 6.45) is 6.52. The average Bonchev–Trinajstić information content (AvgIpc) is 3.22. The van der Waals surface area contributed by atoms with Crippen LogP contribution in [0.25, 0.3) is 6.08 Å². The molecule has 1 aromatic carbocycles. The Morgan fingerprint density at radius 1 is 1.52 bits per heavy atom. The van der Waals surface area contributed by atoms with Crippen LogP contribution in [0.15, 0.2) is 18.2 Å².